The zero-order valence-electron chi connectivity index (χ0n) is 16.1. The Hall–Kier alpha value is -1.52. The minimum atomic E-state index is -0.810. The van der Waals surface area contributed by atoms with Gasteiger partial charge < -0.3 is 10.6 Å². The van der Waals surface area contributed by atoms with Crippen molar-refractivity contribution in [3.63, 3.8) is 0 Å². The predicted molar refractivity (Wildman–Crippen MR) is 112 cm³/mol. The van der Waals surface area contributed by atoms with Crippen molar-refractivity contribution in [3.8, 4) is 0 Å². The van der Waals surface area contributed by atoms with E-state index in [-0.39, 0.29) is 17.4 Å². The molecule has 1 aromatic rings. The molecule has 1 atom stereocenters. The van der Waals surface area contributed by atoms with E-state index in [0.29, 0.717) is 29.3 Å². The fraction of sp³-hybridized carbons (Fsp3) is 0.524. The first kappa shape index (κ1) is 21.8. The molecule has 0 aliphatic heterocycles. The topological polar surface area (TPSA) is 58.2 Å². The van der Waals surface area contributed by atoms with Gasteiger partial charge in [0.25, 0.3) is 0 Å². The van der Waals surface area contributed by atoms with Crippen LogP contribution in [0.25, 0.3) is 6.08 Å². The van der Waals surface area contributed by atoms with E-state index in [1.807, 2.05) is 18.2 Å². The number of halogens is 2. The molecule has 0 spiro atoms. The average Bonchev–Trinajstić information content (AvgIpc) is 2.59. The zero-order chi connectivity index (χ0) is 20.1. The van der Waals surface area contributed by atoms with Gasteiger partial charge in [0.15, 0.2) is 0 Å². The highest BCUT2D eigenvalue weighted by atomic mass is 35.5. The number of nitrogens with one attached hydrogen (secondary N) is 2. The van der Waals surface area contributed by atoms with E-state index in [1.54, 1.807) is 12.1 Å². The van der Waals surface area contributed by atoms with Crippen LogP contribution in [0.4, 0.5) is 0 Å². The second kappa shape index (κ2) is 9.11. The summed E-state index contributed by atoms with van der Waals surface area (Å²) < 4.78 is 0. The molecule has 1 fully saturated rings. The monoisotopic (exact) mass is 410 g/mol. The molecule has 6 heteroatoms. The molecule has 0 saturated heterocycles. The maximum Gasteiger partial charge on any atom is 0.246 e. The van der Waals surface area contributed by atoms with Crippen molar-refractivity contribution in [3.05, 3.63) is 39.9 Å². The third-order valence-corrected chi connectivity index (χ3v) is 5.69. The van der Waals surface area contributed by atoms with Crippen LogP contribution in [-0.2, 0) is 9.59 Å². The van der Waals surface area contributed by atoms with Crippen molar-refractivity contribution in [2.45, 2.75) is 64.5 Å². The highest BCUT2D eigenvalue weighted by Crippen LogP contribution is 2.30. The van der Waals surface area contributed by atoms with Crippen LogP contribution in [0.15, 0.2) is 24.3 Å². The van der Waals surface area contributed by atoms with Crippen LogP contribution in [0.5, 0.6) is 0 Å². The van der Waals surface area contributed by atoms with Crippen molar-refractivity contribution >= 4 is 41.6 Å². The van der Waals surface area contributed by atoms with Crippen molar-refractivity contribution in [1.82, 2.24) is 10.6 Å². The Morgan fingerprint density at radius 3 is 2.41 bits per heavy atom. The van der Waals surface area contributed by atoms with Gasteiger partial charge in [-0.05, 0) is 36.0 Å². The highest BCUT2D eigenvalue weighted by Gasteiger charge is 2.40. The normalized spacial score (nSPS) is 18.1. The number of rotatable bonds is 6. The van der Waals surface area contributed by atoms with Gasteiger partial charge in [-0.3, -0.25) is 9.59 Å². The molecule has 0 radical (unpaired) electrons. The molecule has 148 valence electrons. The molecule has 2 N–H and O–H groups in total. The van der Waals surface area contributed by atoms with Gasteiger partial charge in [0.05, 0.1) is 6.04 Å². The van der Waals surface area contributed by atoms with Crippen molar-refractivity contribution in [1.29, 1.82) is 0 Å². The first-order valence-corrected chi connectivity index (χ1v) is 10.1. The van der Waals surface area contributed by atoms with Crippen LogP contribution in [-0.4, -0.2) is 23.9 Å². The second-order valence-electron chi connectivity index (χ2n) is 8.25. The summed E-state index contributed by atoms with van der Waals surface area (Å²) in [4.78, 5) is 24.2. The molecule has 1 saturated carbocycles. The van der Waals surface area contributed by atoms with Crippen molar-refractivity contribution < 1.29 is 9.59 Å². The Bertz CT molecular complexity index is 705. The molecule has 1 aliphatic rings. The standard InChI is InChI=1S/C21H28Cl2N2O2/c1-20(2,3)18(10-8-15-7-9-16(22)13-17(15)23)25-19(27)21(24-14-26)11-5-4-6-12-21/h7-10,13-14,18H,4-6,11-12H2,1-3H3,(H,24,26)(H,25,27)/b10-8+. The van der Waals surface area contributed by atoms with Crippen LogP contribution in [0.3, 0.4) is 0 Å². The number of carbonyl (C=O) groups is 2. The molecular formula is C21H28Cl2N2O2. The fourth-order valence-electron chi connectivity index (χ4n) is 3.37. The lowest BCUT2D eigenvalue weighted by Gasteiger charge is -2.38. The van der Waals surface area contributed by atoms with Crippen LogP contribution in [0, 0.1) is 5.41 Å². The molecule has 1 aromatic carbocycles. The average molecular weight is 411 g/mol. The lowest BCUT2D eigenvalue weighted by molar-refractivity contribution is -0.132. The summed E-state index contributed by atoms with van der Waals surface area (Å²) in [6, 6.07) is 5.10. The quantitative estimate of drug-likeness (QED) is 0.649. The molecule has 1 unspecified atom stereocenters. The largest absolute Gasteiger partial charge is 0.347 e. The van der Waals surface area contributed by atoms with Gasteiger partial charge >= 0.3 is 0 Å². The van der Waals surface area contributed by atoms with Gasteiger partial charge in [0.2, 0.25) is 12.3 Å². The van der Waals surface area contributed by atoms with E-state index in [0.717, 1.165) is 24.8 Å². The minimum Gasteiger partial charge on any atom is -0.347 e. The Morgan fingerprint density at radius 2 is 1.85 bits per heavy atom. The number of hydrogen-bond acceptors (Lipinski definition) is 2. The summed E-state index contributed by atoms with van der Waals surface area (Å²) >= 11 is 12.2. The Balaban J connectivity index is 2.22. The Kier molecular flexibility index (Phi) is 7.35. The fourth-order valence-corrected chi connectivity index (χ4v) is 3.85. The van der Waals surface area contributed by atoms with Gasteiger partial charge in [-0.25, -0.2) is 0 Å². The summed E-state index contributed by atoms with van der Waals surface area (Å²) in [5, 5.41) is 7.07. The minimum absolute atomic E-state index is 0.124. The van der Waals surface area contributed by atoms with Gasteiger partial charge in [-0.15, -0.1) is 0 Å². The number of hydrogen-bond donors (Lipinski definition) is 2. The van der Waals surface area contributed by atoms with Crippen molar-refractivity contribution in [2.75, 3.05) is 0 Å². The molecule has 27 heavy (non-hydrogen) atoms. The third-order valence-electron chi connectivity index (χ3n) is 5.13. The molecule has 1 aliphatic carbocycles. The smallest absolute Gasteiger partial charge is 0.246 e. The molecule has 4 nitrogen and oxygen atoms in total. The maximum absolute atomic E-state index is 13.1. The van der Waals surface area contributed by atoms with Crippen molar-refractivity contribution in [2.24, 2.45) is 5.41 Å². The zero-order valence-corrected chi connectivity index (χ0v) is 17.7. The van der Waals surface area contributed by atoms with E-state index < -0.39 is 5.54 Å². The van der Waals surface area contributed by atoms with E-state index >= 15 is 0 Å². The molecule has 0 heterocycles. The Morgan fingerprint density at radius 1 is 1.19 bits per heavy atom. The van der Waals surface area contributed by atoms with Gasteiger partial charge in [0.1, 0.15) is 5.54 Å². The summed E-state index contributed by atoms with van der Waals surface area (Å²) in [6.45, 7) is 6.19. The third kappa shape index (κ3) is 5.73. The summed E-state index contributed by atoms with van der Waals surface area (Å²) in [6.07, 6.45) is 8.78. The van der Waals surface area contributed by atoms with Crippen LogP contribution in [0.2, 0.25) is 10.0 Å². The first-order valence-electron chi connectivity index (χ1n) is 9.33. The van der Waals surface area contributed by atoms with Gasteiger partial charge in [0, 0.05) is 10.0 Å². The molecule has 2 amide bonds. The predicted octanol–water partition coefficient (Wildman–Crippen LogP) is 4.99. The summed E-state index contributed by atoms with van der Waals surface area (Å²) in [5.41, 5.74) is -0.180. The molecule has 2 rings (SSSR count). The SMILES string of the molecule is CC(C)(C)C(/C=C/c1ccc(Cl)cc1Cl)NC(=O)C1(NC=O)CCCCC1. The van der Waals surface area contributed by atoms with E-state index in [9.17, 15) is 9.59 Å². The summed E-state index contributed by atoms with van der Waals surface area (Å²) in [5.74, 6) is -0.124. The van der Waals surface area contributed by atoms with Gasteiger partial charge in [-0.1, -0.05) is 81.5 Å². The molecule has 0 bridgehead atoms. The molecule has 0 aromatic heterocycles. The number of carbonyl (C=O) groups excluding carboxylic acids is 2. The lowest BCUT2D eigenvalue weighted by Crippen LogP contribution is -2.60. The van der Waals surface area contributed by atoms with E-state index in [2.05, 4.69) is 31.4 Å². The van der Waals surface area contributed by atoms with E-state index in [4.69, 9.17) is 23.2 Å². The number of amides is 2. The van der Waals surface area contributed by atoms with Crippen LogP contribution in [0.1, 0.15) is 58.4 Å². The first-order chi connectivity index (χ1) is 12.7. The van der Waals surface area contributed by atoms with E-state index in [1.165, 1.54) is 0 Å². The van der Waals surface area contributed by atoms with Gasteiger partial charge in [-0.2, -0.15) is 0 Å². The highest BCUT2D eigenvalue weighted by molar-refractivity contribution is 6.35. The number of benzene rings is 1. The Labute approximate surface area is 171 Å². The van der Waals surface area contributed by atoms with Crippen LogP contribution < -0.4 is 10.6 Å². The lowest BCUT2D eigenvalue weighted by atomic mass is 9.79. The maximum atomic E-state index is 13.1. The van der Waals surface area contributed by atoms with Crippen LogP contribution >= 0.6 is 23.2 Å². The summed E-state index contributed by atoms with van der Waals surface area (Å²) in [7, 11) is 0. The molecular weight excluding hydrogens is 383 g/mol. The second-order valence-corrected chi connectivity index (χ2v) is 9.09.